The molecule has 2 fully saturated rings. The number of hydrogen-bond donors (Lipinski definition) is 0. The van der Waals surface area contributed by atoms with E-state index in [9.17, 15) is 23.6 Å². The average Bonchev–Trinajstić information content (AvgIpc) is 3.59. The first-order valence-electron chi connectivity index (χ1n) is 15.0. The summed E-state index contributed by atoms with van der Waals surface area (Å²) < 4.78 is 24.7. The van der Waals surface area contributed by atoms with Gasteiger partial charge in [-0.1, -0.05) is 84.9 Å². The fraction of sp³-hybridized carbons (Fsp3) is 0.278. The van der Waals surface area contributed by atoms with Gasteiger partial charge in [0.1, 0.15) is 19.0 Å². The van der Waals surface area contributed by atoms with Gasteiger partial charge in [-0.05, 0) is 54.5 Å². The van der Waals surface area contributed by atoms with Gasteiger partial charge >= 0.3 is 12.2 Å². The van der Waals surface area contributed by atoms with Crippen molar-refractivity contribution in [3.63, 3.8) is 0 Å². The smallest absolute Gasteiger partial charge is 0.417 e. The van der Waals surface area contributed by atoms with E-state index in [4.69, 9.17) is 9.47 Å². The van der Waals surface area contributed by atoms with Gasteiger partial charge in [0.05, 0.1) is 12.1 Å². The van der Waals surface area contributed by atoms with Crippen molar-refractivity contribution in [3.05, 3.63) is 132 Å². The Hall–Kier alpha value is -5.05. The molecular weight excluding hydrogens is 575 g/mol. The Balaban J connectivity index is 1.40. The molecule has 9 heteroatoms. The van der Waals surface area contributed by atoms with Gasteiger partial charge in [0.2, 0.25) is 5.91 Å². The van der Waals surface area contributed by atoms with Crippen LogP contribution >= 0.6 is 0 Å². The summed E-state index contributed by atoms with van der Waals surface area (Å²) in [5, 5.41) is 0. The summed E-state index contributed by atoms with van der Waals surface area (Å²) in [6.45, 7) is 3.92. The molecule has 4 amide bonds. The van der Waals surface area contributed by atoms with Gasteiger partial charge in [0, 0.05) is 17.9 Å². The molecule has 0 bridgehead atoms. The number of allylic oxidation sites excluding steroid dienone is 2. The van der Waals surface area contributed by atoms with E-state index in [1.54, 1.807) is 24.3 Å². The quantitative estimate of drug-likeness (QED) is 0.183. The second-order valence-electron chi connectivity index (χ2n) is 11.2. The lowest BCUT2D eigenvalue weighted by Gasteiger charge is -2.25. The van der Waals surface area contributed by atoms with Crippen molar-refractivity contribution >= 4 is 24.0 Å². The van der Waals surface area contributed by atoms with Crippen LogP contribution in [0.5, 0.6) is 0 Å². The molecule has 0 spiro atoms. The fourth-order valence-electron chi connectivity index (χ4n) is 5.75. The number of nitrogens with zero attached hydrogens (tertiary/aromatic N) is 2. The van der Waals surface area contributed by atoms with Crippen LogP contribution in [0.2, 0.25) is 0 Å². The normalized spacial score (nSPS) is 18.8. The molecule has 2 aliphatic rings. The Kier molecular flexibility index (Phi) is 10.2. The maximum atomic E-state index is 14.1. The number of amides is 4. The number of halogens is 1. The van der Waals surface area contributed by atoms with E-state index in [-0.39, 0.29) is 38.0 Å². The Morgan fingerprint density at radius 3 is 1.93 bits per heavy atom. The first-order valence-corrected chi connectivity index (χ1v) is 15.0. The number of ether oxygens (including phenoxy) is 2. The molecule has 0 N–H and O–H groups in total. The minimum atomic E-state index is -0.756. The first kappa shape index (κ1) is 31.4. The lowest BCUT2D eigenvalue weighted by atomic mass is 9.94. The predicted molar refractivity (Wildman–Crippen MR) is 165 cm³/mol. The van der Waals surface area contributed by atoms with E-state index in [0.29, 0.717) is 18.4 Å². The van der Waals surface area contributed by atoms with Gasteiger partial charge in [-0.15, -0.1) is 6.58 Å². The van der Waals surface area contributed by atoms with Crippen molar-refractivity contribution in [3.8, 4) is 0 Å². The highest BCUT2D eigenvalue weighted by atomic mass is 19.1. The number of carbonyl (C=O) groups is 4. The number of hydrogen-bond acceptors (Lipinski definition) is 6. The Bertz CT molecular complexity index is 1570. The zero-order valence-electron chi connectivity index (χ0n) is 24.8. The van der Waals surface area contributed by atoms with Gasteiger partial charge in [0.25, 0.3) is 5.91 Å². The van der Waals surface area contributed by atoms with Crippen molar-refractivity contribution in [2.45, 2.75) is 44.2 Å². The molecule has 0 radical (unpaired) electrons. The largest absolute Gasteiger partial charge is 0.447 e. The molecule has 0 saturated carbocycles. The van der Waals surface area contributed by atoms with Gasteiger partial charge in [-0.3, -0.25) is 9.59 Å². The molecular formula is C36H35FN2O6. The Morgan fingerprint density at radius 1 is 0.800 bits per heavy atom. The summed E-state index contributed by atoms with van der Waals surface area (Å²) >= 11 is 0. The molecule has 5 rings (SSSR count). The van der Waals surface area contributed by atoms with E-state index >= 15 is 0 Å². The van der Waals surface area contributed by atoms with E-state index in [0.717, 1.165) is 20.9 Å². The van der Waals surface area contributed by atoms with Crippen LogP contribution in [0.4, 0.5) is 14.0 Å². The number of benzene rings is 3. The van der Waals surface area contributed by atoms with Gasteiger partial charge in [-0.2, -0.15) is 0 Å². The van der Waals surface area contributed by atoms with Crippen molar-refractivity contribution in [1.82, 2.24) is 9.80 Å². The summed E-state index contributed by atoms with van der Waals surface area (Å²) in [5.41, 5.74) is 2.64. The summed E-state index contributed by atoms with van der Waals surface area (Å²) in [6, 6.07) is 23.8. The minimum Gasteiger partial charge on any atom is -0.447 e. The zero-order chi connectivity index (χ0) is 31.8. The van der Waals surface area contributed by atoms with Crippen LogP contribution < -0.4 is 0 Å². The fourth-order valence-corrected chi connectivity index (χ4v) is 5.75. The van der Waals surface area contributed by atoms with Crippen LogP contribution in [-0.2, 0) is 38.3 Å². The maximum absolute atomic E-state index is 14.1. The molecule has 0 aliphatic carbocycles. The molecule has 0 aromatic heterocycles. The molecule has 2 saturated heterocycles. The lowest BCUT2D eigenvalue weighted by Crippen LogP contribution is -2.43. The average molecular weight is 611 g/mol. The topological polar surface area (TPSA) is 93.2 Å². The van der Waals surface area contributed by atoms with Crippen LogP contribution in [0.25, 0.3) is 0 Å². The maximum Gasteiger partial charge on any atom is 0.417 e. The molecule has 45 heavy (non-hydrogen) atoms. The molecule has 232 valence electrons. The van der Waals surface area contributed by atoms with Crippen LogP contribution in [0.15, 0.2) is 109 Å². The molecule has 8 nitrogen and oxygen atoms in total. The van der Waals surface area contributed by atoms with Gasteiger partial charge in [-0.25, -0.2) is 23.8 Å². The predicted octanol–water partition coefficient (Wildman–Crippen LogP) is 6.06. The highest BCUT2D eigenvalue weighted by Crippen LogP contribution is 2.26. The Morgan fingerprint density at radius 2 is 1.36 bits per heavy atom. The van der Waals surface area contributed by atoms with Crippen LogP contribution in [0, 0.1) is 11.7 Å². The summed E-state index contributed by atoms with van der Waals surface area (Å²) in [7, 11) is 0. The van der Waals surface area contributed by atoms with Gasteiger partial charge in [0.15, 0.2) is 0 Å². The van der Waals surface area contributed by atoms with Crippen LogP contribution in [0.1, 0.15) is 29.5 Å². The molecule has 3 aromatic carbocycles. The molecule has 3 atom stereocenters. The number of cyclic esters (lactones) is 2. The number of imide groups is 2. The summed E-state index contributed by atoms with van der Waals surface area (Å²) in [4.78, 5) is 55.7. The van der Waals surface area contributed by atoms with Crippen LogP contribution in [0.3, 0.4) is 0 Å². The third-order valence-corrected chi connectivity index (χ3v) is 8.01. The zero-order valence-corrected chi connectivity index (χ0v) is 24.8. The highest BCUT2D eigenvalue weighted by molar-refractivity contribution is 6.04. The van der Waals surface area contributed by atoms with E-state index in [1.165, 1.54) is 12.1 Å². The van der Waals surface area contributed by atoms with E-state index < -0.39 is 47.8 Å². The summed E-state index contributed by atoms with van der Waals surface area (Å²) in [5.74, 6) is -2.20. The van der Waals surface area contributed by atoms with Gasteiger partial charge < -0.3 is 9.47 Å². The Labute approximate surface area is 261 Å². The standard InChI is InChI=1S/C36H35FN2O6/c1-2-10-28(33(40)38-31(23-44-35(38)42)21-25-11-5-3-6-12-25)17-18-29(19-27-15-9-16-30(37)20-27)34(41)39-32(24-45-36(39)43)22-26-13-7-4-8-14-26/h2-9,11-16,18,20,28,31-32H,1,10,17,19,21-24H2/b29-18+/t28-,31-,32-/m0/s1. The highest BCUT2D eigenvalue weighted by Gasteiger charge is 2.41. The van der Waals surface area contributed by atoms with Crippen molar-refractivity contribution in [2.24, 2.45) is 5.92 Å². The second-order valence-corrected chi connectivity index (χ2v) is 11.2. The number of rotatable bonds is 12. The van der Waals surface area contributed by atoms with Crippen molar-refractivity contribution in [2.75, 3.05) is 13.2 Å². The van der Waals surface area contributed by atoms with Crippen molar-refractivity contribution in [1.29, 1.82) is 0 Å². The van der Waals surface area contributed by atoms with E-state index in [2.05, 4.69) is 6.58 Å². The second kappa shape index (κ2) is 14.6. The third kappa shape index (κ3) is 7.73. The first-order chi connectivity index (χ1) is 21.8. The SMILES string of the molecule is C=CC[C@@H](C/C=C(\Cc1cccc(F)c1)C(=O)N1C(=O)OC[C@@H]1Cc1ccccc1)C(=O)N1C(=O)OC[C@@H]1Cc1ccccc1. The molecule has 2 aliphatic heterocycles. The van der Waals surface area contributed by atoms with Crippen molar-refractivity contribution < 1.29 is 33.0 Å². The van der Waals surface area contributed by atoms with E-state index in [1.807, 2.05) is 60.7 Å². The minimum absolute atomic E-state index is 0.0236. The molecule has 3 aromatic rings. The van der Waals surface area contributed by atoms with Crippen LogP contribution in [-0.4, -0.2) is 59.1 Å². The number of carbonyl (C=O) groups excluding carboxylic acids is 4. The molecule has 2 heterocycles. The summed E-state index contributed by atoms with van der Waals surface area (Å²) in [6.07, 6.45) is 2.92. The molecule has 0 unspecified atom stereocenters. The third-order valence-electron chi connectivity index (χ3n) is 8.01. The lowest BCUT2D eigenvalue weighted by molar-refractivity contribution is -0.133. The monoisotopic (exact) mass is 610 g/mol.